The molecule has 0 aromatic carbocycles. The average molecular weight is 569 g/mol. The van der Waals surface area contributed by atoms with Gasteiger partial charge >= 0.3 is 31.6 Å². The van der Waals surface area contributed by atoms with E-state index in [2.05, 4.69) is 19.9 Å². The predicted molar refractivity (Wildman–Crippen MR) is 120 cm³/mol. The number of hydrogen-bond acceptors (Lipinski definition) is 4. The summed E-state index contributed by atoms with van der Waals surface area (Å²) < 4.78 is 78.0. The van der Waals surface area contributed by atoms with E-state index >= 15 is 0 Å². The molecular formula is C20H19B2CuF8N4O+. The Balaban J connectivity index is 0. The Morgan fingerprint density at radius 1 is 0.389 bits per heavy atom. The largest absolute Gasteiger partial charge is 2.00 e. The summed E-state index contributed by atoms with van der Waals surface area (Å²) in [5.41, 5.74) is 3.66. The molecule has 0 unspecified atom stereocenters. The Labute approximate surface area is 212 Å². The van der Waals surface area contributed by atoms with Crippen LogP contribution in [0, 0.1) is 0 Å². The number of aromatic nitrogens is 4. The third kappa shape index (κ3) is 20.1. The maximum atomic E-state index is 9.75. The minimum Gasteiger partial charge on any atom is -0.457 e. The summed E-state index contributed by atoms with van der Waals surface area (Å²) >= 11 is 0. The van der Waals surface area contributed by atoms with E-state index in [1.54, 1.807) is 24.8 Å². The fraction of sp³-hybridized carbons (Fsp3) is 0. The monoisotopic (exact) mass is 568 g/mol. The molecule has 36 heavy (non-hydrogen) atoms. The van der Waals surface area contributed by atoms with Crippen LogP contribution in [0.25, 0.3) is 22.8 Å². The molecule has 0 amide bonds. The van der Waals surface area contributed by atoms with Crippen molar-refractivity contribution in [2.24, 2.45) is 0 Å². The first-order valence-electron chi connectivity index (χ1n) is 9.33. The standard InChI is InChI=1S/2C10H8N2.2BF4.Cu.H2O/c2*1-3-7-11-9(5-1)10-6-2-4-8-12-10;2*2-1(3,4)5;;/h2*1-8H;;;;1H2/q;;2*-1;+2;/p+1. The van der Waals surface area contributed by atoms with E-state index in [9.17, 15) is 34.5 Å². The zero-order valence-electron chi connectivity index (χ0n) is 18.1. The van der Waals surface area contributed by atoms with E-state index in [4.69, 9.17) is 0 Å². The van der Waals surface area contributed by atoms with Crippen molar-refractivity contribution >= 4 is 14.5 Å². The van der Waals surface area contributed by atoms with Crippen LogP contribution in [0.3, 0.4) is 0 Å². The normalized spacial score (nSPS) is 9.78. The van der Waals surface area contributed by atoms with Gasteiger partial charge in [0.15, 0.2) is 0 Å². The van der Waals surface area contributed by atoms with Crippen LogP contribution in [0.2, 0.25) is 0 Å². The van der Waals surface area contributed by atoms with Crippen LogP contribution in [0.4, 0.5) is 34.5 Å². The second-order valence-electron chi connectivity index (χ2n) is 5.85. The summed E-state index contributed by atoms with van der Waals surface area (Å²) in [6, 6.07) is 23.2. The van der Waals surface area contributed by atoms with Crippen molar-refractivity contribution in [2.45, 2.75) is 0 Å². The number of halogens is 8. The second-order valence-corrected chi connectivity index (χ2v) is 5.85. The average Bonchev–Trinajstić information content (AvgIpc) is 2.80. The van der Waals surface area contributed by atoms with Gasteiger partial charge in [0, 0.05) is 24.8 Å². The molecule has 3 N–H and O–H groups in total. The van der Waals surface area contributed by atoms with E-state index in [0.717, 1.165) is 22.8 Å². The van der Waals surface area contributed by atoms with Crippen LogP contribution in [0.1, 0.15) is 0 Å². The van der Waals surface area contributed by atoms with Gasteiger partial charge in [-0.25, -0.2) is 0 Å². The molecule has 4 aromatic rings. The number of nitrogens with zero attached hydrogens (tertiary/aromatic N) is 4. The summed E-state index contributed by atoms with van der Waals surface area (Å²) in [5, 5.41) is 0. The predicted octanol–water partition coefficient (Wildman–Crippen LogP) is 5.96. The van der Waals surface area contributed by atoms with Gasteiger partial charge in [-0.15, -0.1) is 0 Å². The molecule has 0 fully saturated rings. The molecule has 0 spiro atoms. The fourth-order valence-corrected chi connectivity index (χ4v) is 2.06. The van der Waals surface area contributed by atoms with E-state index in [1.807, 2.05) is 72.8 Å². The number of rotatable bonds is 2. The topological polar surface area (TPSA) is 84.6 Å². The Hall–Kier alpha value is -3.35. The molecule has 4 rings (SSSR count). The Morgan fingerprint density at radius 3 is 0.667 bits per heavy atom. The van der Waals surface area contributed by atoms with E-state index < -0.39 is 14.5 Å². The van der Waals surface area contributed by atoms with Gasteiger partial charge in [0.05, 0.1) is 22.8 Å². The maximum absolute atomic E-state index is 9.75. The third-order valence-corrected chi connectivity index (χ3v) is 3.18. The Kier molecular flexibility index (Phi) is 17.4. The Morgan fingerprint density at radius 2 is 0.556 bits per heavy atom. The first kappa shape index (κ1) is 34.8. The third-order valence-electron chi connectivity index (χ3n) is 3.18. The van der Waals surface area contributed by atoms with Gasteiger partial charge in [-0.1, -0.05) is 24.3 Å². The summed E-state index contributed by atoms with van der Waals surface area (Å²) in [7, 11) is -12.0. The molecule has 16 heteroatoms. The Bertz CT molecular complexity index is 879. The first-order chi connectivity index (χ1) is 15.9. The minimum atomic E-state index is -6.00. The molecule has 0 aliphatic rings. The van der Waals surface area contributed by atoms with Crippen molar-refractivity contribution in [2.75, 3.05) is 0 Å². The molecule has 0 saturated heterocycles. The molecule has 4 heterocycles. The van der Waals surface area contributed by atoms with Gasteiger partial charge < -0.3 is 40.0 Å². The van der Waals surface area contributed by atoms with Gasteiger partial charge in [-0.05, 0) is 48.5 Å². The number of pyridine rings is 4. The van der Waals surface area contributed by atoms with Gasteiger partial charge in [-0.2, -0.15) is 0 Å². The van der Waals surface area contributed by atoms with Crippen molar-refractivity contribution in [3.05, 3.63) is 97.6 Å². The van der Waals surface area contributed by atoms with Crippen LogP contribution < -0.4 is 0 Å². The molecule has 0 saturated carbocycles. The molecule has 0 bridgehead atoms. The van der Waals surface area contributed by atoms with Gasteiger partial charge in [0.1, 0.15) is 0 Å². The van der Waals surface area contributed by atoms with Gasteiger partial charge in [0.25, 0.3) is 0 Å². The summed E-state index contributed by atoms with van der Waals surface area (Å²) in [5.74, 6) is 0. The molecule has 0 atom stereocenters. The molecule has 0 aliphatic carbocycles. The summed E-state index contributed by atoms with van der Waals surface area (Å²) in [6.45, 7) is 0. The van der Waals surface area contributed by atoms with Crippen molar-refractivity contribution in [1.29, 1.82) is 0 Å². The maximum Gasteiger partial charge on any atom is 2.00 e. The fourth-order valence-electron chi connectivity index (χ4n) is 2.06. The zero-order chi connectivity index (χ0) is 25.5. The van der Waals surface area contributed by atoms with Crippen LogP contribution in [0.5, 0.6) is 0 Å². The molecule has 197 valence electrons. The van der Waals surface area contributed by atoms with Crippen molar-refractivity contribution in [3.63, 3.8) is 0 Å². The van der Waals surface area contributed by atoms with Gasteiger partial charge in [-0.3, -0.25) is 19.9 Å². The van der Waals surface area contributed by atoms with Crippen LogP contribution in [-0.2, 0) is 22.5 Å². The van der Waals surface area contributed by atoms with Crippen molar-refractivity contribution < 1.29 is 57.1 Å². The zero-order valence-corrected chi connectivity index (χ0v) is 19.0. The van der Waals surface area contributed by atoms with Crippen LogP contribution in [-0.4, -0.2) is 34.4 Å². The molecule has 4 aromatic heterocycles. The van der Waals surface area contributed by atoms with Gasteiger partial charge in [0.2, 0.25) is 0 Å². The second kappa shape index (κ2) is 18.0. The van der Waals surface area contributed by atoms with E-state index in [-0.39, 0.29) is 22.5 Å². The number of hydrogen-bond donors (Lipinski definition) is 0. The SMILES string of the molecule is F[B-](F)(F)F.F[B-](F)(F)F.[Cu+2].[OH3+].c1ccc(-c2ccccn2)nc1.c1ccc(-c2ccccn2)nc1. The minimum absolute atomic E-state index is 0. The molecule has 5 nitrogen and oxygen atoms in total. The van der Waals surface area contributed by atoms with Crippen LogP contribution in [0.15, 0.2) is 97.6 Å². The van der Waals surface area contributed by atoms with E-state index in [0.29, 0.717) is 0 Å². The van der Waals surface area contributed by atoms with Crippen molar-refractivity contribution in [1.82, 2.24) is 19.9 Å². The quantitative estimate of drug-likeness (QED) is 0.170. The molecule has 0 aliphatic heterocycles. The van der Waals surface area contributed by atoms with Crippen LogP contribution >= 0.6 is 0 Å². The first-order valence-corrected chi connectivity index (χ1v) is 9.33. The summed E-state index contributed by atoms with van der Waals surface area (Å²) in [4.78, 5) is 16.7. The molecular weight excluding hydrogens is 549 g/mol. The van der Waals surface area contributed by atoms with Crippen molar-refractivity contribution in [3.8, 4) is 22.8 Å². The summed E-state index contributed by atoms with van der Waals surface area (Å²) in [6.07, 6.45) is 7.07. The molecule has 1 radical (unpaired) electrons. The van der Waals surface area contributed by atoms with E-state index in [1.165, 1.54) is 0 Å². The smallest absolute Gasteiger partial charge is 0.457 e.